The fourth-order valence-electron chi connectivity index (χ4n) is 1.17. The third-order valence-corrected chi connectivity index (χ3v) is 3.28. The number of hydrogen-bond donors (Lipinski definition) is 1. The Morgan fingerprint density at radius 3 is 2.29 bits per heavy atom. The monoisotopic (exact) mass is 213 g/mol. The van der Waals surface area contributed by atoms with Gasteiger partial charge >= 0.3 is 0 Å². The van der Waals surface area contributed by atoms with E-state index in [1.54, 1.807) is 6.92 Å². The topological polar surface area (TPSA) is 46.2 Å². The highest BCUT2D eigenvalue weighted by molar-refractivity contribution is 7.88. The average Bonchev–Trinajstić information content (AvgIpc) is 2.08. The highest BCUT2D eigenvalue weighted by Crippen LogP contribution is 2.06. The van der Waals surface area contributed by atoms with Gasteiger partial charge in [-0.2, -0.15) is 0 Å². The van der Waals surface area contributed by atoms with Crippen molar-refractivity contribution in [2.24, 2.45) is 0 Å². The maximum atomic E-state index is 11.4. The van der Waals surface area contributed by atoms with Crippen LogP contribution in [0.2, 0.25) is 0 Å². The molecule has 0 saturated carbocycles. The fraction of sp³-hybridized carbons (Fsp3) is 0.400. The first-order valence-electron chi connectivity index (χ1n) is 4.56. The third-order valence-electron chi connectivity index (χ3n) is 1.84. The Kier molecular flexibility index (Phi) is 3.66. The molecule has 3 nitrogen and oxygen atoms in total. The molecule has 0 aliphatic rings. The van der Waals surface area contributed by atoms with Gasteiger partial charge in [0.2, 0.25) is 10.0 Å². The summed E-state index contributed by atoms with van der Waals surface area (Å²) in [5.41, 5.74) is 1.95. The first-order valence-corrected chi connectivity index (χ1v) is 6.21. The van der Waals surface area contributed by atoms with Crippen molar-refractivity contribution in [2.45, 2.75) is 19.6 Å². The van der Waals surface area contributed by atoms with E-state index in [2.05, 4.69) is 4.72 Å². The van der Waals surface area contributed by atoms with Gasteiger partial charge in [-0.1, -0.05) is 36.8 Å². The van der Waals surface area contributed by atoms with Crippen molar-refractivity contribution >= 4 is 10.0 Å². The summed E-state index contributed by atoms with van der Waals surface area (Å²) in [4.78, 5) is 0. The van der Waals surface area contributed by atoms with Gasteiger partial charge < -0.3 is 0 Å². The van der Waals surface area contributed by atoms with Gasteiger partial charge in [-0.25, -0.2) is 13.1 Å². The van der Waals surface area contributed by atoms with E-state index in [1.165, 1.54) is 0 Å². The number of nitrogens with one attached hydrogen (secondary N) is 1. The van der Waals surface area contributed by atoms with Gasteiger partial charge in [0.15, 0.2) is 0 Å². The molecule has 0 amide bonds. The predicted octanol–water partition coefficient (Wildman–Crippen LogP) is 1.43. The number of aryl methyl sites for hydroxylation is 1. The zero-order valence-electron chi connectivity index (χ0n) is 8.45. The second-order valence-electron chi connectivity index (χ2n) is 3.24. The van der Waals surface area contributed by atoms with Crippen LogP contribution in [-0.4, -0.2) is 15.0 Å². The molecule has 1 aromatic rings. The number of benzene rings is 1. The molecule has 0 aliphatic heterocycles. The molecule has 1 N–H and O–H groups in total. The van der Waals surface area contributed by atoms with Crippen LogP contribution in [0, 0.1) is 6.92 Å². The number of sulfonamides is 1. The molecule has 0 atom stereocenters. The first kappa shape index (κ1) is 11.2. The lowest BCUT2D eigenvalue weighted by atomic mass is 10.2. The molecule has 0 radical (unpaired) electrons. The second-order valence-corrected chi connectivity index (χ2v) is 5.05. The van der Waals surface area contributed by atoms with E-state index in [4.69, 9.17) is 0 Å². The van der Waals surface area contributed by atoms with Crippen LogP contribution in [0.15, 0.2) is 24.3 Å². The molecule has 0 aromatic heterocycles. The number of rotatable bonds is 4. The van der Waals surface area contributed by atoms with Crippen LogP contribution in [0.3, 0.4) is 0 Å². The molecule has 4 heteroatoms. The van der Waals surface area contributed by atoms with E-state index in [1.807, 2.05) is 31.2 Å². The molecule has 1 rings (SSSR count). The van der Waals surface area contributed by atoms with Crippen molar-refractivity contribution < 1.29 is 8.42 Å². The summed E-state index contributed by atoms with van der Waals surface area (Å²) in [5.74, 6) is 0.0567. The Labute approximate surface area is 85.2 Å². The van der Waals surface area contributed by atoms with Crippen LogP contribution < -0.4 is 4.72 Å². The van der Waals surface area contributed by atoms with Crippen LogP contribution in [0.4, 0.5) is 0 Å². The normalized spacial score (nSPS) is 11.6. The van der Waals surface area contributed by atoms with Crippen molar-refractivity contribution in [3.8, 4) is 0 Å². The minimum Gasteiger partial charge on any atom is -0.215 e. The predicted molar refractivity (Wildman–Crippen MR) is 57.5 cm³/mol. The van der Waals surface area contributed by atoms with Crippen LogP contribution in [0.1, 0.15) is 18.1 Å². The molecule has 1 aromatic carbocycles. The van der Waals surface area contributed by atoms with Gasteiger partial charge in [0.05, 0.1) is 5.75 Å². The van der Waals surface area contributed by atoms with E-state index in [0.29, 0.717) is 6.54 Å². The molecular formula is C10H15NO2S. The van der Waals surface area contributed by atoms with Crippen molar-refractivity contribution in [3.63, 3.8) is 0 Å². The van der Waals surface area contributed by atoms with Crippen LogP contribution in [-0.2, 0) is 15.8 Å². The largest absolute Gasteiger partial charge is 0.215 e. The SMILES string of the molecule is CCNS(=O)(=O)Cc1ccc(C)cc1. The first-order chi connectivity index (χ1) is 6.53. The summed E-state index contributed by atoms with van der Waals surface area (Å²) in [5, 5.41) is 0. The molecule has 14 heavy (non-hydrogen) atoms. The second kappa shape index (κ2) is 4.57. The Bertz CT molecular complexity index is 381. The summed E-state index contributed by atoms with van der Waals surface area (Å²) in [6.45, 7) is 4.18. The molecule has 0 heterocycles. The Hall–Kier alpha value is -0.870. The molecule has 0 spiro atoms. The minimum absolute atomic E-state index is 0.0567. The lowest BCUT2D eigenvalue weighted by molar-refractivity contribution is 0.583. The lowest BCUT2D eigenvalue weighted by Crippen LogP contribution is -2.24. The highest BCUT2D eigenvalue weighted by Gasteiger charge is 2.08. The van der Waals surface area contributed by atoms with E-state index in [9.17, 15) is 8.42 Å². The van der Waals surface area contributed by atoms with Gasteiger partial charge in [0, 0.05) is 6.54 Å². The maximum Gasteiger partial charge on any atom is 0.215 e. The number of hydrogen-bond acceptors (Lipinski definition) is 2. The van der Waals surface area contributed by atoms with E-state index in [0.717, 1.165) is 11.1 Å². The summed E-state index contributed by atoms with van der Waals surface area (Å²) >= 11 is 0. The van der Waals surface area contributed by atoms with Crippen LogP contribution in [0.25, 0.3) is 0 Å². The van der Waals surface area contributed by atoms with Gasteiger partial charge in [0.1, 0.15) is 0 Å². The van der Waals surface area contributed by atoms with Gasteiger partial charge in [-0.05, 0) is 12.5 Å². The minimum atomic E-state index is -3.15. The summed E-state index contributed by atoms with van der Waals surface area (Å²) in [6.07, 6.45) is 0. The average molecular weight is 213 g/mol. The van der Waals surface area contributed by atoms with Crippen molar-refractivity contribution in [2.75, 3.05) is 6.54 Å². The third kappa shape index (κ3) is 3.47. The molecule has 0 unspecified atom stereocenters. The molecule has 0 bridgehead atoms. The molecule has 0 aliphatic carbocycles. The molecule has 0 fully saturated rings. The van der Waals surface area contributed by atoms with Crippen molar-refractivity contribution in [3.05, 3.63) is 35.4 Å². The lowest BCUT2D eigenvalue weighted by Gasteiger charge is -2.04. The zero-order chi connectivity index (χ0) is 10.6. The summed E-state index contributed by atoms with van der Waals surface area (Å²) in [6, 6.07) is 7.50. The fourth-order valence-corrected chi connectivity index (χ4v) is 2.35. The highest BCUT2D eigenvalue weighted by atomic mass is 32.2. The van der Waals surface area contributed by atoms with Gasteiger partial charge in [-0.15, -0.1) is 0 Å². The molecule has 0 saturated heterocycles. The van der Waals surface area contributed by atoms with E-state index >= 15 is 0 Å². The zero-order valence-corrected chi connectivity index (χ0v) is 9.26. The van der Waals surface area contributed by atoms with Gasteiger partial charge in [-0.3, -0.25) is 0 Å². The molecular weight excluding hydrogens is 198 g/mol. The van der Waals surface area contributed by atoms with Crippen molar-refractivity contribution in [1.82, 2.24) is 4.72 Å². The summed E-state index contributed by atoms with van der Waals surface area (Å²) < 4.78 is 25.2. The standard InChI is InChI=1S/C10H15NO2S/c1-3-11-14(12,13)8-10-6-4-9(2)5-7-10/h4-7,11H,3,8H2,1-2H3. The smallest absolute Gasteiger partial charge is 0.215 e. The van der Waals surface area contributed by atoms with Crippen LogP contribution in [0.5, 0.6) is 0 Å². The Morgan fingerprint density at radius 2 is 1.79 bits per heavy atom. The Balaban J connectivity index is 2.74. The van der Waals surface area contributed by atoms with E-state index < -0.39 is 10.0 Å². The molecule has 78 valence electrons. The van der Waals surface area contributed by atoms with Crippen LogP contribution >= 0.6 is 0 Å². The van der Waals surface area contributed by atoms with Gasteiger partial charge in [0.25, 0.3) is 0 Å². The quantitative estimate of drug-likeness (QED) is 0.822. The van der Waals surface area contributed by atoms with Crippen molar-refractivity contribution in [1.29, 1.82) is 0 Å². The summed E-state index contributed by atoms with van der Waals surface area (Å²) in [7, 11) is -3.15. The van der Waals surface area contributed by atoms with E-state index in [-0.39, 0.29) is 5.75 Å². The Morgan fingerprint density at radius 1 is 1.21 bits per heavy atom. The maximum absolute atomic E-state index is 11.4.